The Hall–Kier alpha value is -0.820. The van der Waals surface area contributed by atoms with Crippen molar-refractivity contribution in [2.75, 3.05) is 7.11 Å². The first-order chi connectivity index (χ1) is 10.2. The van der Waals surface area contributed by atoms with E-state index in [1.54, 1.807) is 13.2 Å². The molecule has 0 aliphatic heterocycles. The zero-order valence-electron chi connectivity index (χ0n) is 11.7. The largest absolute Gasteiger partial charge is 0.378 e. The average molecular weight is 371 g/mol. The van der Waals surface area contributed by atoms with Gasteiger partial charge < -0.3 is 10.1 Å². The van der Waals surface area contributed by atoms with Crippen molar-refractivity contribution in [1.82, 2.24) is 10.3 Å². The molecule has 1 heterocycles. The SMILES string of the molecule is COCc1nc(-c2c(F)cccc2Br)sc1CNC1CC1. The van der Waals surface area contributed by atoms with Gasteiger partial charge in [0.15, 0.2) is 0 Å². The summed E-state index contributed by atoms with van der Waals surface area (Å²) in [6, 6.07) is 5.60. The number of ether oxygens (including phenoxy) is 1. The van der Waals surface area contributed by atoms with Crippen LogP contribution in [0.1, 0.15) is 23.4 Å². The fourth-order valence-corrected chi connectivity index (χ4v) is 3.84. The summed E-state index contributed by atoms with van der Waals surface area (Å²) in [6.45, 7) is 1.22. The Morgan fingerprint density at radius 3 is 2.95 bits per heavy atom. The molecule has 1 aromatic carbocycles. The summed E-state index contributed by atoms with van der Waals surface area (Å²) in [5.41, 5.74) is 1.42. The summed E-state index contributed by atoms with van der Waals surface area (Å²) < 4.78 is 20.0. The lowest BCUT2D eigenvalue weighted by molar-refractivity contribution is 0.181. The number of thiazole rings is 1. The van der Waals surface area contributed by atoms with Crippen molar-refractivity contribution in [2.45, 2.75) is 32.0 Å². The molecule has 1 saturated carbocycles. The van der Waals surface area contributed by atoms with Crippen molar-refractivity contribution in [1.29, 1.82) is 0 Å². The van der Waals surface area contributed by atoms with Crippen LogP contribution in [0, 0.1) is 5.82 Å². The van der Waals surface area contributed by atoms with E-state index in [1.807, 2.05) is 6.07 Å². The summed E-state index contributed by atoms with van der Waals surface area (Å²) in [5, 5.41) is 4.17. The van der Waals surface area contributed by atoms with Crippen LogP contribution >= 0.6 is 27.3 Å². The first-order valence-electron chi connectivity index (χ1n) is 6.84. The Labute approximate surface area is 135 Å². The fraction of sp³-hybridized carbons (Fsp3) is 0.400. The molecular formula is C15H16BrFN2OS. The van der Waals surface area contributed by atoms with Gasteiger partial charge in [-0.25, -0.2) is 9.37 Å². The molecule has 6 heteroatoms. The van der Waals surface area contributed by atoms with E-state index >= 15 is 0 Å². The molecule has 1 aliphatic carbocycles. The van der Waals surface area contributed by atoms with E-state index < -0.39 is 0 Å². The van der Waals surface area contributed by atoms with Crippen LogP contribution in [-0.2, 0) is 17.9 Å². The van der Waals surface area contributed by atoms with Gasteiger partial charge in [-0.1, -0.05) is 6.07 Å². The molecule has 0 spiro atoms. The van der Waals surface area contributed by atoms with Crippen molar-refractivity contribution < 1.29 is 9.13 Å². The minimum atomic E-state index is -0.260. The molecule has 1 aromatic heterocycles. The smallest absolute Gasteiger partial charge is 0.134 e. The first kappa shape index (κ1) is 15.1. The zero-order valence-corrected chi connectivity index (χ0v) is 14.1. The predicted octanol–water partition coefficient (Wildman–Crippen LogP) is 4.11. The molecule has 3 nitrogen and oxygen atoms in total. The molecule has 0 bridgehead atoms. The number of methoxy groups -OCH3 is 1. The van der Waals surface area contributed by atoms with Gasteiger partial charge in [0.05, 0.1) is 17.9 Å². The van der Waals surface area contributed by atoms with Crippen LogP contribution in [0.2, 0.25) is 0 Å². The highest BCUT2D eigenvalue weighted by molar-refractivity contribution is 9.10. The molecule has 21 heavy (non-hydrogen) atoms. The van der Waals surface area contributed by atoms with Gasteiger partial charge in [0.25, 0.3) is 0 Å². The maximum absolute atomic E-state index is 14.1. The predicted molar refractivity (Wildman–Crippen MR) is 85.8 cm³/mol. The number of halogens is 2. The second-order valence-corrected chi connectivity index (χ2v) is 7.01. The third-order valence-corrected chi connectivity index (χ3v) is 5.14. The number of hydrogen-bond acceptors (Lipinski definition) is 4. The normalized spacial score (nSPS) is 14.6. The van der Waals surface area contributed by atoms with Crippen LogP contribution in [0.5, 0.6) is 0 Å². The number of aromatic nitrogens is 1. The Kier molecular flexibility index (Phi) is 4.69. The molecule has 2 aromatic rings. The molecule has 3 rings (SSSR count). The van der Waals surface area contributed by atoms with Gasteiger partial charge in [0.1, 0.15) is 10.8 Å². The molecule has 1 N–H and O–H groups in total. The van der Waals surface area contributed by atoms with Gasteiger partial charge in [0, 0.05) is 29.0 Å². The Morgan fingerprint density at radius 1 is 1.48 bits per heavy atom. The van der Waals surface area contributed by atoms with Crippen molar-refractivity contribution in [2.24, 2.45) is 0 Å². The van der Waals surface area contributed by atoms with Crippen LogP contribution in [0.4, 0.5) is 4.39 Å². The standard InChI is InChI=1S/C15H16BrFN2OS/c1-20-8-12-13(7-18-9-5-6-9)21-15(19-12)14-10(16)3-2-4-11(14)17/h2-4,9,18H,5-8H2,1H3. The van der Waals surface area contributed by atoms with Gasteiger partial charge in [0.2, 0.25) is 0 Å². The molecule has 112 valence electrons. The van der Waals surface area contributed by atoms with E-state index in [4.69, 9.17) is 4.74 Å². The van der Waals surface area contributed by atoms with Crippen molar-refractivity contribution >= 4 is 27.3 Å². The van der Waals surface area contributed by atoms with Crippen LogP contribution < -0.4 is 5.32 Å². The van der Waals surface area contributed by atoms with Crippen LogP contribution in [-0.4, -0.2) is 18.1 Å². The van der Waals surface area contributed by atoms with Gasteiger partial charge in [-0.05, 0) is 40.9 Å². The zero-order chi connectivity index (χ0) is 14.8. The third-order valence-electron chi connectivity index (χ3n) is 3.36. The molecular weight excluding hydrogens is 355 g/mol. The average Bonchev–Trinajstić information content (AvgIpc) is 3.19. The molecule has 0 atom stereocenters. The summed E-state index contributed by atoms with van der Waals surface area (Å²) >= 11 is 4.94. The summed E-state index contributed by atoms with van der Waals surface area (Å²) in [5.74, 6) is -0.260. The lowest BCUT2D eigenvalue weighted by Crippen LogP contribution is -2.15. The summed E-state index contributed by atoms with van der Waals surface area (Å²) in [4.78, 5) is 5.69. The Morgan fingerprint density at radius 2 is 2.29 bits per heavy atom. The highest BCUT2D eigenvalue weighted by Crippen LogP contribution is 2.35. The third kappa shape index (κ3) is 3.51. The van der Waals surface area contributed by atoms with Gasteiger partial charge in [-0.2, -0.15) is 0 Å². The van der Waals surface area contributed by atoms with Crippen molar-refractivity contribution in [3.63, 3.8) is 0 Å². The topological polar surface area (TPSA) is 34.1 Å². The Bertz CT molecular complexity index is 622. The lowest BCUT2D eigenvalue weighted by atomic mass is 10.2. The number of benzene rings is 1. The highest BCUT2D eigenvalue weighted by atomic mass is 79.9. The van der Waals surface area contributed by atoms with E-state index in [-0.39, 0.29) is 5.82 Å². The second-order valence-electron chi connectivity index (χ2n) is 5.07. The number of nitrogens with zero attached hydrogens (tertiary/aromatic N) is 1. The summed E-state index contributed by atoms with van der Waals surface area (Å²) in [7, 11) is 1.65. The van der Waals surface area contributed by atoms with E-state index in [2.05, 4.69) is 26.2 Å². The fourth-order valence-electron chi connectivity index (χ4n) is 2.10. The van der Waals surface area contributed by atoms with Crippen molar-refractivity contribution in [3.8, 4) is 10.6 Å². The number of rotatable bonds is 6. The molecule has 0 radical (unpaired) electrons. The minimum Gasteiger partial charge on any atom is -0.378 e. The van der Waals surface area contributed by atoms with E-state index in [0.717, 1.165) is 21.6 Å². The van der Waals surface area contributed by atoms with Gasteiger partial charge >= 0.3 is 0 Å². The van der Waals surface area contributed by atoms with Crippen LogP contribution in [0.25, 0.3) is 10.6 Å². The molecule has 0 amide bonds. The maximum Gasteiger partial charge on any atom is 0.134 e. The van der Waals surface area contributed by atoms with E-state index in [1.165, 1.54) is 30.2 Å². The Balaban J connectivity index is 1.92. The lowest BCUT2D eigenvalue weighted by Gasteiger charge is -2.02. The number of hydrogen-bond donors (Lipinski definition) is 1. The van der Waals surface area contributed by atoms with E-state index in [9.17, 15) is 4.39 Å². The quantitative estimate of drug-likeness (QED) is 0.830. The van der Waals surface area contributed by atoms with Crippen LogP contribution in [0.15, 0.2) is 22.7 Å². The molecule has 0 saturated heterocycles. The molecule has 1 fully saturated rings. The maximum atomic E-state index is 14.1. The second kappa shape index (κ2) is 6.52. The first-order valence-corrected chi connectivity index (χ1v) is 8.45. The van der Waals surface area contributed by atoms with Gasteiger partial charge in [-0.3, -0.25) is 0 Å². The minimum absolute atomic E-state index is 0.260. The van der Waals surface area contributed by atoms with E-state index in [0.29, 0.717) is 23.2 Å². The van der Waals surface area contributed by atoms with Gasteiger partial charge in [-0.15, -0.1) is 11.3 Å². The highest BCUT2D eigenvalue weighted by Gasteiger charge is 2.22. The van der Waals surface area contributed by atoms with Crippen molar-refractivity contribution in [3.05, 3.63) is 39.1 Å². The monoisotopic (exact) mass is 370 g/mol. The molecule has 0 unspecified atom stereocenters. The number of nitrogens with one attached hydrogen (secondary N) is 1. The van der Waals surface area contributed by atoms with Crippen LogP contribution in [0.3, 0.4) is 0 Å². The summed E-state index contributed by atoms with van der Waals surface area (Å²) in [6.07, 6.45) is 2.48. The molecule has 1 aliphatic rings.